The first-order chi connectivity index (χ1) is 11.1. The summed E-state index contributed by atoms with van der Waals surface area (Å²) in [5.74, 6) is -1.53. The Morgan fingerprint density at radius 2 is 2.00 bits per heavy atom. The molecule has 2 aromatic rings. The van der Waals surface area contributed by atoms with Crippen molar-refractivity contribution >= 4 is 34.1 Å². The minimum atomic E-state index is -0.889. The quantitative estimate of drug-likeness (QED) is 0.791. The number of amides is 1. The van der Waals surface area contributed by atoms with Gasteiger partial charge in [0.15, 0.2) is 16.8 Å². The van der Waals surface area contributed by atoms with E-state index in [1.54, 1.807) is 22.4 Å². The molecule has 0 saturated carbocycles. The van der Waals surface area contributed by atoms with Gasteiger partial charge in [-0.3, -0.25) is 4.79 Å². The molecule has 0 bridgehead atoms. The molecule has 1 aliphatic heterocycles. The molecule has 8 heteroatoms. The van der Waals surface area contributed by atoms with Crippen molar-refractivity contribution in [3.63, 3.8) is 0 Å². The summed E-state index contributed by atoms with van der Waals surface area (Å²) < 4.78 is 26.0. The molecule has 23 heavy (non-hydrogen) atoms. The summed E-state index contributed by atoms with van der Waals surface area (Å²) in [6.45, 7) is 2.82. The van der Waals surface area contributed by atoms with Gasteiger partial charge in [0.25, 0.3) is 0 Å². The van der Waals surface area contributed by atoms with Crippen molar-refractivity contribution in [1.82, 2.24) is 9.88 Å². The molecule has 1 amide bonds. The van der Waals surface area contributed by atoms with Crippen molar-refractivity contribution in [3.8, 4) is 0 Å². The van der Waals surface area contributed by atoms with Crippen molar-refractivity contribution in [2.24, 2.45) is 0 Å². The molecule has 1 aromatic heterocycles. The Labute approximate surface area is 141 Å². The van der Waals surface area contributed by atoms with Crippen LogP contribution in [0.5, 0.6) is 0 Å². The third-order valence-corrected chi connectivity index (χ3v) is 5.39. The molecule has 1 aromatic carbocycles. The predicted molar refractivity (Wildman–Crippen MR) is 88.0 cm³/mol. The van der Waals surface area contributed by atoms with Crippen LogP contribution in [0.2, 0.25) is 0 Å². The van der Waals surface area contributed by atoms with E-state index in [-0.39, 0.29) is 11.7 Å². The number of hydrogen-bond acceptors (Lipinski definition) is 5. The molecule has 0 N–H and O–H groups in total. The van der Waals surface area contributed by atoms with Gasteiger partial charge in [-0.15, -0.1) is 23.1 Å². The molecule has 0 aliphatic carbocycles. The van der Waals surface area contributed by atoms with Crippen LogP contribution in [0.3, 0.4) is 0 Å². The molecule has 1 fully saturated rings. The number of nitrogens with zero attached hydrogens (tertiary/aromatic N) is 3. The first-order valence-corrected chi connectivity index (χ1v) is 9.00. The van der Waals surface area contributed by atoms with Gasteiger partial charge in [-0.1, -0.05) is 0 Å². The van der Waals surface area contributed by atoms with Gasteiger partial charge in [-0.25, -0.2) is 13.8 Å². The number of thioether (sulfide) groups is 1. The van der Waals surface area contributed by atoms with Gasteiger partial charge < -0.3 is 9.80 Å². The molecule has 0 unspecified atom stereocenters. The summed E-state index contributed by atoms with van der Waals surface area (Å²) in [5, 5.41) is 2.92. The lowest BCUT2D eigenvalue weighted by Gasteiger charge is -2.34. The fourth-order valence-electron chi connectivity index (χ4n) is 2.32. The van der Waals surface area contributed by atoms with Gasteiger partial charge in [-0.2, -0.15) is 0 Å². The molecule has 1 aliphatic rings. The van der Waals surface area contributed by atoms with Crippen LogP contribution in [0, 0.1) is 11.6 Å². The highest BCUT2D eigenvalue weighted by atomic mass is 32.2. The lowest BCUT2D eigenvalue weighted by atomic mass is 10.3. The molecular weight excluding hydrogens is 340 g/mol. The number of thiazole rings is 1. The molecule has 0 atom stereocenters. The Balaban J connectivity index is 1.48. The molecule has 122 valence electrons. The minimum absolute atomic E-state index is 0.0125. The van der Waals surface area contributed by atoms with Crippen molar-refractivity contribution in [3.05, 3.63) is 41.4 Å². The number of anilines is 1. The zero-order chi connectivity index (χ0) is 16.2. The first-order valence-electron chi connectivity index (χ1n) is 7.13. The molecule has 3 rings (SSSR count). The zero-order valence-electron chi connectivity index (χ0n) is 12.2. The molecule has 1 saturated heterocycles. The second kappa shape index (κ2) is 7.27. The molecule has 0 radical (unpaired) electrons. The van der Waals surface area contributed by atoms with Crippen LogP contribution < -0.4 is 4.90 Å². The average molecular weight is 355 g/mol. The van der Waals surface area contributed by atoms with Crippen molar-refractivity contribution in [2.45, 2.75) is 4.90 Å². The lowest BCUT2D eigenvalue weighted by Crippen LogP contribution is -2.49. The Hall–Kier alpha value is -1.67. The van der Waals surface area contributed by atoms with Crippen LogP contribution in [0.4, 0.5) is 13.9 Å². The predicted octanol–water partition coefficient (Wildman–Crippen LogP) is 2.86. The highest BCUT2D eigenvalue weighted by Crippen LogP contribution is 2.22. The smallest absolute Gasteiger partial charge is 0.233 e. The first kappa shape index (κ1) is 16.2. The number of carbonyl (C=O) groups excluding carboxylic acids is 1. The van der Waals surface area contributed by atoms with Gasteiger partial charge in [0.1, 0.15) is 0 Å². The van der Waals surface area contributed by atoms with E-state index in [0.717, 1.165) is 30.4 Å². The van der Waals surface area contributed by atoms with Gasteiger partial charge in [0, 0.05) is 42.7 Å². The third-order valence-electron chi connectivity index (χ3n) is 3.58. The van der Waals surface area contributed by atoms with Gasteiger partial charge in [0.05, 0.1) is 5.75 Å². The number of piperazine rings is 1. The van der Waals surface area contributed by atoms with Crippen molar-refractivity contribution in [1.29, 1.82) is 0 Å². The summed E-state index contributed by atoms with van der Waals surface area (Å²) in [6, 6.07) is 3.68. The topological polar surface area (TPSA) is 36.4 Å². The molecule has 0 spiro atoms. The fourth-order valence-corrected chi connectivity index (χ4v) is 3.84. The Kier molecular flexibility index (Phi) is 5.12. The summed E-state index contributed by atoms with van der Waals surface area (Å²) in [6.07, 6.45) is 1.77. The maximum atomic E-state index is 13.1. The van der Waals surface area contributed by atoms with Crippen LogP contribution in [0.25, 0.3) is 0 Å². The largest absolute Gasteiger partial charge is 0.345 e. The number of benzene rings is 1. The molecule has 2 heterocycles. The highest BCUT2D eigenvalue weighted by Gasteiger charge is 2.22. The van der Waals surface area contributed by atoms with Crippen molar-refractivity contribution in [2.75, 3.05) is 36.8 Å². The van der Waals surface area contributed by atoms with E-state index >= 15 is 0 Å². The Morgan fingerprint density at radius 3 is 2.65 bits per heavy atom. The number of hydrogen-bond donors (Lipinski definition) is 0. The molecular formula is C15H15F2N3OS2. The van der Waals surface area contributed by atoms with E-state index in [9.17, 15) is 13.6 Å². The van der Waals surface area contributed by atoms with Crippen LogP contribution in [-0.2, 0) is 4.79 Å². The second-order valence-electron chi connectivity index (χ2n) is 5.05. The minimum Gasteiger partial charge on any atom is -0.345 e. The zero-order valence-corrected chi connectivity index (χ0v) is 13.9. The monoisotopic (exact) mass is 355 g/mol. The summed E-state index contributed by atoms with van der Waals surface area (Å²) in [4.78, 5) is 21.0. The molecule has 4 nitrogen and oxygen atoms in total. The van der Waals surface area contributed by atoms with Crippen LogP contribution in [0.15, 0.2) is 34.7 Å². The maximum Gasteiger partial charge on any atom is 0.233 e. The van der Waals surface area contributed by atoms with Crippen LogP contribution >= 0.6 is 23.1 Å². The van der Waals surface area contributed by atoms with E-state index in [1.165, 1.54) is 17.8 Å². The average Bonchev–Trinajstić information content (AvgIpc) is 3.10. The SMILES string of the molecule is O=C(CSc1ccc(F)c(F)c1)N1CCN(c2nccs2)CC1. The van der Waals surface area contributed by atoms with Crippen LogP contribution in [-0.4, -0.2) is 47.7 Å². The maximum absolute atomic E-state index is 13.1. The van der Waals surface area contributed by atoms with Gasteiger partial charge in [0.2, 0.25) is 5.91 Å². The van der Waals surface area contributed by atoms with Gasteiger partial charge >= 0.3 is 0 Å². The van der Waals surface area contributed by atoms with E-state index in [0.29, 0.717) is 18.0 Å². The number of rotatable bonds is 4. The standard InChI is InChI=1S/C15H15F2N3OS2/c16-12-2-1-11(9-13(12)17)23-10-14(21)19-4-6-20(7-5-19)15-18-3-8-22-15/h1-3,8-9H,4-7,10H2. The number of carbonyl (C=O) groups is 1. The summed E-state index contributed by atoms with van der Waals surface area (Å²) in [5.41, 5.74) is 0. The summed E-state index contributed by atoms with van der Waals surface area (Å²) >= 11 is 2.81. The number of aromatic nitrogens is 1. The lowest BCUT2D eigenvalue weighted by molar-refractivity contribution is -0.128. The second-order valence-corrected chi connectivity index (χ2v) is 6.97. The van der Waals surface area contributed by atoms with E-state index in [1.807, 2.05) is 5.38 Å². The van der Waals surface area contributed by atoms with Gasteiger partial charge in [-0.05, 0) is 18.2 Å². The Bertz CT molecular complexity index is 673. The number of halogens is 2. The van der Waals surface area contributed by atoms with E-state index in [4.69, 9.17) is 0 Å². The third kappa shape index (κ3) is 4.00. The summed E-state index contributed by atoms with van der Waals surface area (Å²) in [7, 11) is 0. The van der Waals surface area contributed by atoms with E-state index < -0.39 is 11.6 Å². The van der Waals surface area contributed by atoms with E-state index in [2.05, 4.69) is 9.88 Å². The Morgan fingerprint density at radius 1 is 1.22 bits per heavy atom. The normalized spacial score (nSPS) is 15.0. The highest BCUT2D eigenvalue weighted by molar-refractivity contribution is 8.00. The van der Waals surface area contributed by atoms with Crippen molar-refractivity contribution < 1.29 is 13.6 Å². The fraction of sp³-hybridized carbons (Fsp3) is 0.333. The van der Waals surface area contributed by atoms with Crippen LogP contribution in [0.1, 0.15) is 0 Å².